The summed E-state index contributed by atoms with van der Waals surface area (Å²) in [4.78, 5) is 0. The summed E-state index contributed by atoms with van der Waals surface area (Å²) in [6.07, 6.45) is 1.05. The van der Waals surface area contributed by atoms with Crippen molar-refractivity contribution < 1.29 is 0 Å². The van der Waals surface area contributed by atoms with Crippen LogP contribution in [0.4, 0.5) is 5.69 Å². The van der Waals surface area contributed by atoms with Crippen LogP contribution in [0.3, 0.4) is 0 Å². The highest BCUT2D eigenvalue weighted by atomic mass is 14.9. The third kappa shape index (κ3) is 1.03. The number of rotatable bonds is 1. The van der Waals surface area contributed by atoms with E-state index in [2.05, 4.69) is 31.5 Å². The van der Waals surface area contributed by atoms with Crippen molar-refractivity contribution in [2.45, 2.75) is 20.3 Å². The van der Waals surface area contributed by atoms with Gasteiger partial charge < -0.3 is 10.3 Å². The van der Waals surface area contributed by atoms with Crippen LogP contribution < -0.4 is 5.73 Å². The minimum absolute atomic E-state index is 0.885. The third-order valence-electron chi connectivity index (χ3n) is 2.98. The lowest BCUT2D eigenvalue weighted by molar-refractivity contribution is 0.857. The molecular weight excluding hydrogens is 172 g/mol. The average molecular weight is 188 g/mol. The van der Waals surface area contributed by atoms with Crippen molar-refractivity contribution in [3.8, 4) is 0 Å². The van der Waals surface area contributed by atoms with E-state index in [1.807, 2.05) is 12.1 Å². The van der Waals surface area contributed by atoms with E-state index < -0.39 is 0 Å². The van der Waals surface area contributed by atoms with Crippen molar-refractivity contribution in [2.75, 3.05) is 5.73 Å². The highest BCUT2D eigenvalue weighted by Crippen LogP contribution is 2.29. The molecule has 0 aliphatic rings. The average Bonchev–Trinajstić information content (AvgIpc) is 2.41. The van der Waals surface area contributed by atoms with Crippen LogP contribution in [0.1, 0.15) is 18.2 Å². The van der Waals surface area contributed by atoms with Gasteiger partial charge in [-0.05, 0) is 31.0 Å². The first-order valence-electron chi connectivity index (χ1n) is 4.99. The summed E-state index contributed by atoms with van der Waals surface area (Å²) >= 11 is 0. The standard InChI is InChI=1S/C12H16N2/c1-4-10-8(2)12-9(13)6-5-7-11(12)14(10)3/h5-7H,4,13H2,1-3H3. The summed E-state index contributed by atoms with van der Waals surface area (Å²) in [5, 5.41) is 1.21. The Kier molecular flexibility index (Phi) is 1.99. The first-order chi connectivity index (χ1) is 6.66. The quantitative estimate of drug-likeness (QED) is 0.685. The molecule has 74 valence electrons. The van der Waals surface area contributed by atoms with Gasteiger partial charge >= 0.3 is 0 Å². The van der Waals surface area contributed by atoms with Crippen LogP contribution in [0.2, 0.25) is 0 Å². The highest BCUT2D eigenvalue weighted by Gasteiger charge is 2.11. The monoisotopic (exact) mass is 188 g/mol. The van der Waals surface area contributed by atoms with Crippen LogP contribution in [-0.2, 0) is 13.5 Å². The summed E-state index contributed by atoms with van der Waals surface area (Å²) in [5.74, 6) is 0. The van der Waals surface area contributed by atoms with E-state index in [0.717, 1.165) is 12.1 Å². The number of nitrogens with two attached hydrogens (primary N) is 1. The molecule has 1 aromatic carbocycles. The predicted octanol–water partition coefficient (Wildman–Crippen LogP) is 2.63. The molecule has 1 aromatic heterocycles. The summed E-state index contributed by atoms with van der Waals surface area (Å²) < 4.78 is 2.24. The molecule has 0 saturated carbocycles. The number of aromatic nitrogens is 1. The van der Waals surface area contributed by atoms with Gasteiger partial charge in [0.05, 0.1) is 5.52 Å². The van der Waals surface area contributed by atoms with Gasteiger partial charge in [0.1, 0.15) is 0 Å². The fourth-order valence-electron chi connectivity index (χ4n) is 2.29. The molecule has 0 saturated heterocycles. The number of hydrogen-bond acceptors (Lipinski definition) is 1. The summed E-state index contributed by atoms with van der Waals surface area (Å²) in [6, 6.07) is 6.10. The Hall–Kier alpha value is -1.44. The molecule has 2 heteroatoms. The Bertz CT molecular complexity index is 481. The minimum Gasteiger partial charge on any atom is -0.398 e. The van der Waals surface area contributed by atoms with Crippen LogP contribution in [0.25, 0.3) is 10.9 Å². The third-order valence-corrected chi connectivity index (χ3v) is 2.98. The molecule has 0 aliphatic carbocycles. The molecule has 0 atom stereocenters. The van der Waals surface area contributed by atoms with Crippen LogP contribution in [-0.4, -0.2) is 4.57 Å². The number of fused-ring (bicyclic) bond motifs is 1. The number of anilines is 1. The Labute approximate surface area is 84.3 Å². The zero-order valence-corrected chi connectivity index (χ0v) is 8.96. The molecule has 0 radical (unpaired) electrons. The smallest absolute Gasteiger partial charge is 0.0503 e. The first-order valence-corrected chi connectivity index (χ1v) is 4.99. The number of hydrogen-bond donors (Lipinski definition) is 1. The maximum atomic E-state index is 5.98. The first kappa shape index (κ1) is 9.13. The fraction of sp³-hybridized carbons (Fsp3) is 0.333. The second-order valence-corrected chi connectivity index (χ2v) is 3.73. The van der Waals surface area contributed by atoms with Crippen molar-refractivity contribution >= 4 is 16.6 Å². The van der Waals surface area contributed by atoms with Gasteiger partial charge in [-0.15, -0.1) is 0 Å². The van der Waals surface area contributed by atoms with E-state index in [1.54, 1.807) is 0 Å². The van der Waals surface area contributed by atoms with E-state index in [4.69, 9.17) is 5.73 Å². The Morgan fingerprint density at radius 3 is 2.64 bits per heavy atom. The van der Waals surface area contributed by atoms with Crippen molar-refractivity contribution in [3.63, 3.8) is 0 Å². The zero-order chi connectivity index (χ0) is 10.3. The van der Waals surface area contributed by atoms with Gasteiger partial charge in [-0.1, -0.05) is 13.0 Å². The second kappa shape index (κ2) is 3.05. The summed E-state index contributed by atoms with van der Waals surface area (Å²) in [7, 11) is 2.10. The molecule has 2 aromatic rings. The molecule has 0 bridgehead atoms. The largest absolute Gasteiger partial charge is 0.398 e. The Morgan fingerprint density at radius 1 is 1.36 bits per heavy atom. The molecule has 0 amide bonds. The van der Waals surface area contributed by atoms with E-state index in [-0.39, 0.29) is 0 Å². The normalized spacial score (nSPS) is 11.1. The number of nitrogen functional groups attached to an aromatic ring is 1. The van der Waals surface area contributed by atoms with E-state index in [9.17, 15) is 0 Å². The van der Waals surface area contributed by atoms with Crippen molar-refractivity contribution in [2.24, 2.45) is 7.05 Å². The van der Waals surface area contributed by atoms with Crippen molar-refractivity contribution in [1.82, 2.24) is 4.57 Å². The van der Waals surface area contributed by atoms with Crippen LogP contribution in [0.15, 0.2) is 18.2 Å². The number of benzene rings is 1. The molecule has 14 heavy (non-hydrogen) atoms. The van der Waals surface area contributed by atoms with Crippen LogP contribution in [0, 0.1) is 6.92 Å². The topological polar surface area (TPSA) is 30.9 Å². The van der Waals surface area contributed by atoms with Gasteiger partial charge in [0, 0.05) is 23.8 Å². The minimum atomic E-state index is 0.885. The SMILES string of the molecule is CCc1c(C)c2c(N)cccc2n1C. The van der Waals surface area contributed by atoms with Gasteiger partial charge in [-0.3, -0.25) is 0 Å². The Morgan fingerprint density at radius 2 is 2.07 bits per heavy atom. The maximum Gasteiger partial charge on any atom is 0.0503 e. The van der Waals surface area contributed by atoms with Crippen molar-refractivity contribution in [1.29, 1.82) is 0 Å². The maximum absolute atomic E-state index is 5.98. The van der Waals surface area contributed by atoms with Crippen LogP contribution >= 0.6 is 0 Å². The van der Waals surface area contributed by atoms with E-state index >= 15 is 0 Å². The van der Waals surface area contributed by atoms with E-state index in [0.29, 0.717) is 0 Å². The molecule has 2 nitrogen and oxygen atoms in total. The molecule has 0 spiro atoms. The Balaban J connectivity index is 2.94. The van der Waals surface area contributed by atoms with E-state index in [1.165, 1.54) is 22.2 Å². The molecule has 0 aliphatic heterocycles. The molecule has 0 unspecified atom stereocenters. The van der Waals surface area contributed by atoms with Crippen molar-refractivity contribution in [3.05, 3.63) is 29.5 Å². The number of nitrogens with zero attached hydrogens (tertiary/aromatic N) is 1. The van der Waals surface area contributed by atoms with Gasteiger partial charge in [-0.25, -0.2) is 0 Å². The highest BCUT2D eigenvalue weighted by molar-refractivity contribution is 5.95. The number of aryl methyl sites for hydroxylation is 2. The molecule has 2 N–H and O–H groups in total. The fourth-order valence-corrected chi connectivity index (χ4v) is 2.29. The molecule has 1 heterocycles. The van der Waals surface area contributed by atoms with Gasteiger partial charge in [-0.2, -0.15) is 0 Å². The summed E-state index contributed by atoms with van der Waals surface area (Å²) in [5.41, 5.74) is 10.8. The van der Waals surface area contributed by atoms with Gasteiger partial charge in [0.2, 0.25) is 0 Å². The second-order valence-electron chi connectivity index (χ2n) is 3.73. The predicted molar refractivity (Wildman–Crippen MR) is 61.4 cm³/mol. The van der Waals surface area contributed by atoms with Gasteiger partial charge in [0.15, 0.2) is 0 Å². The lowest BCUT2D eigenvalue weighted by atomic mass is 10.1. The lowest BCUT2D eigenvalue weighted by Crippen LogP contribution is -1.94. The van der Waals surface area contributed by atoms with Gasteiger partial charge in [0.25, 0.3) is 0 Å². The molecule has 0 fully saturated rings. The zero-order valence-electron chi connectivity index (χ0n) is 8.96. The lowest BCUT2D eigenvalue weighted by Gasteiger charge is -2.00. The molecular formula is C12H16N2. The summed E-state index contributed by atoms with van der Waals surface area (Å²) in [6.45, 7) is 4.33. The molecule has 2 rings (SSSR count). The van der Waals surface area contributed by atoms with Crippen LogP contribution in [0.5, 0.6) is 0 Å².